The first kappa shape index (κ1) is 16.6. The number of benzene rings is 1. The fourth-order valence-corrected chi connectivity index (χ4v) is 3.42. The molecule has 0 unspecified atom stereocenters. The third-order valence-electron chi connectivity index (χ3n) is 3.45. The summed E-state index contributed by atoms with van der Waals surface area (Å²) in [6.45, 7) is 1.23. The highest BCUT2D eigenvalue weighted by molar-refractivity contribution is 7.91. The van der Waals surface area contributed by atoms with Gasteiger partial charge in [-0.2, -0.15) is 0 Å². The van der Waals surface area contributed by atoms with Gasteiger partial charge in [-0.25, -0.2) is 17.2 Å². The van der Waals surface area contributed by atoms with Crippen molar-refractivity contribution in [2.45, 2.75) is 0 Å². The molecule has 1 heterocycles. The lowest BCUT2D eigenvalue weighted by Crippen LogP contribution is -2.44. The number of aromatic hydroxyl groups is 1. The lowest BCUT2D eigenvalue weighted by Gasteiger charge is -2.26. The molecule has 1 amide bonds. The molecular weight excluding hydrogens is 318 g/mol. The van der Waals surface area contributed by atoms with Crippen LogP contribution in [-0.4, -0.2) is 62.0 Å². The van der Waals surface area contributed by atoms with E-state index in [1.807, 2.05) is 4.90 Å². The molecule has 22 heavy (non-hydrogen) atoms. The number of nitrogens with zero attached hydrogens (tertiary/aromatic N) is 1. The van der Waals surface area contributed by atoms with E-state index >= 15 is 0 Å². The van der Waals surface area contributed by atoms with Crippen LogP contribution in [0.3, 0.4) is 0 Å². The fraction of sp³-hybridized carbons (Fsp3) is 0.462. The van der Waals surface area contributed by atoms with Crippen LogP contribution in [0.5, 0.6) is 5.75 Å². The Morgan fingerprint density at radius 2 is 1.91 bits per heavy atom. The van der Waals surface area contributed by atoms with E-state index in [0.29, 0.717) is 19.6 Å². The van der Waals surface area contributed by atoms with Gasteiger partial charge in [-0.1, -0.05) is 0 Å². The molecule has 6 nitrogen and oxygen atoms in total. The zero-order valence-corrected chi connectivity index (χ0v) is 12.5. The van der Waals surface area contributed by atoms with Crippen LogP contribution in [-0.2, 0) is 9.84 Å². The first-order valence-corrected chi connectivity index (χ1v) is 8.50. The highest BCUT2D eigenvalue weighted by atomic mass is 32.2. The van der Waals surface area contributed by atoms with Gasteiger partial charge in [0.2, 0.25) is 0 Å². The molecule has 0 radical (unpaired) electrons. The molecular formula is C13H16F2N2O4S. The second-order valence-corrected chi connectivity index (χ2v) is 7.31. The summed E-state index contributed by atoms with van der Waals surface area (Å²) in [6.07, 6.45) is 0. The largest absolute Gasteiger partial charge is 0.505 e. The molecule has 122 valence electrons. The van der Waals surface area contributed by atoms with Gasteiger partial charge >= 0.3 is 0 Å². The molecule has 0 atom stereocenters. The van der Waals surface area contributed by atoms with Crippen molar-refractivity contribution >= 4 is 15.7 Å². The van der Waals surface area contributed by atoms with Crippen LogP contribution in [0.25, 0.3) is 0 Å². The van der Waals surface area contributed by atoms with Gasteiger partial charge in [-0.15, -0.1) is 0 Å². The number of hydrogen-bond donors (Lipinski definition) is 2. The topological polar surface area (TPSA) is 86.7 Å². The van der Waals surface area contributed by atoms with Gasteiger partial charge in [0.15, 0.2) is 21.4 Å². The lowest BCUT2D eigenvalue weighted by atomic mass is 10.1. The number of amides is 1. The number of carbonyl (C=O) groups excluding carboxylic acids is 1. The number of carbonyl (C=O) groups is 1. The Kier molecular flexibility index (Phi) is 4.97. The minimum Gasteiger partial charge on any atom is -0.505 e. The maximum Gasteiger partial charge on any atom is 0.257 e. The molecule has 1 saturated heterocycles. The minimum atomic E-state index is -2.97. The molecule has 0 spiro atoms. The van der Waals surface area contributed by atoms with E-state index in [0.717, 1.165) is 12.1 Å². The number of sulfone groups is 1. The second-order valence-electron chi connectivity index (χ2n) is 5.00. The van der Waals surface area contributed by atoms with Gasteiger partial charge in [0.1, 0.15) is 11.4 Å². The summed E-state index contributed by atoms with van der Waals surface area (Å²) in [5, 5.41) is 11.5. The standard InChI is InChI=1S/C13H16F2N2O4S/c14-9-1-2-10(18)12(15)11(9)13(19)16-3-4-17-5-7-22(20,21)8-6-17/h1-2,18H,3-8H2,(H,16,19). The average molecular weight is 334 g/mol. The predicted octanol–water partition coefficient (Wildman–Crippen LogP) is 0.131. The highest BCUT2D eigenvalue weighted by Crippen LogP contribution is 2.21. The monoisotopic (exact) mass is 334 g/mol. The molecule has 0 aliphatic carbocycles. The number of phenolic OH excluding ortho intramolecular Hbond substituents is 1. The Morgan fingerprint density at radius 3 is 2.55 bits per heavy atom. The predicted molar refractivity (Wildman–Crippen MR) is 75.4 cm³/mol. The molecule has 1 fully saturated rings. The van der Waals surface area contributed by atoms with E-state index < -0.39 is 38.7 Å². The smallest absolute Gasteiger partial charge is 0.257 e. The van der Waals surface area contributed by atoms with Crippen molar-refractivity contribution in [3.63, 3.8) is 0 Å². The first-order valence-electron chi connectivity index (χ1n) is 6.68. The average Bonchev–Trinajstić information content (AvgIpc) is 2.45. The van der Waals surface area contributed by atoms with E-state index in [1.165, 1.54) is 0 Å². The van der Waals surface area contributed by atoms with Crippen LogP contribution in [0.4, 0.5) is 8.78 Å². The molecule has 1 aliphatic rings. The summed E-state index contributed by atoms with van der Waals surface area (Å²) >= 11 is 0. The van der Waals surface area contributed by atoms with Crippen molar-refractivity contribution in [2.24, 2.45) is 0 Å². The van der Waals surface area contributed by atoms with Gasteiger partial charge in [-0.05, 0) is 12.1 Å². The van der Waals surface area contributed by atoms with Gasteiger partial charge in [-0.3, -0.25) is 9.69 Å². The Labute approximate surface area is 126 Å². The van der Waals surface area contributed by atoms with E-state index in [1.54, 1.807) is 0 Å². The van der Waals surface area contributed by atoms with Crippen molar-refractivity contribution in [1.82, 2.24) is 10.2 Å². The van der Waals surface area contributed by atoms with E-state index in [-0.39, 0.29) is 18.1 Å². The Balaban J connectivity index is 1.88. The van der Waals surface area contributed by atoms with Crippen molar-refractivity contribution in [3.8, 4) is 5.75 Å². The highest BCUT2D eigenvalue weighted by Gasteiger charge is 2.22. The van der Waals surface area contributed by atoms with Crippen molar-refractivity contribution in [3.05, 3.63) is 29.3 Å². The summed E-state index contributed by atoms with van der Waals surface area (Å²) in [5.41, 5.74) is -0.832. The minimum absolute atomic E-state index is 0.0662. The summed E-state index contributed by atoms with van der Waals surface area (Å²) < 4.78 is 49.5. The number of nitrogens with one attached hydrogen (secondary N) is 1. The van der Waals surface area contributed by atoms with E-state index in [4.69, 9.17) is 5.11 Å². The number of phenols is 1. The molecule has 0 saturated carbocycles. The zero-order chi connectivity index (χ0) is 16.3. The van der Waals surface area contributed by atoms with Gasteiger partial charge in [0.25, 0.3) is 5.91 Å². The normalized spacial score (nSPS) is 18.1. The van der Waals surface area contributed by atoms with Crippen molar-refractivity contribution in [2.75, 3.05) is 37.7 Å². The third-order valence-corrected chi connectivity index (χ3v) is 5.06. The molecule has 9 heteroatoms. The quantitative estimate of drug-likeness (QED) is 0.817. The number of rotatable bonds is 4. The fourth-order valence-electron chi connectivity index (χ4n) is 2.14. The van der Waals surface area contributed by atoms with Gasteiger partial charge in [0, 0.05) is 26.2 Å². The molecule has 1 aromatic rings. The van der Waals surface area contributed by atoms with E-state index in [2.05, 4.69) is 5.32 Å². The van der Waals surface area contributed by atoms with Crippen LogP contribution < -0.4 is 5.32 Å². The molecule has 1 aromatic carbocycles. The van der Waals surface area contributed by atoms with Crippen molar-refractivity contribution < 1.29 is 27.1 Å². The SMILES string of the molecule is O=C(NCCN1CCS(=O)(=O)CC1)c1c(F)ccc(O)c1F. The summed E-state index contributed by atoms with van der Waals surface area (Å²) in [6, 6.07) is 1.64. The second kappa shape index (κ2) is 6.57. The van der Waals surface area contributed by atoms with Crippen molar-refractivity contribution in [1.29, 1.82) is 0 Å². The van der Waals surface area contributed by atoms with Crippen LogP contribution >= 0.6 is 0 Å². The molecule has 0 bridgehead atoms. The summed E-state index contributed by atoms with van der Waals surface area (Å²) in [4.78, 5) is 13.6. The third kappa shape index (κ3) is 3.92. The number of hydrogen-bond acceptors (Lipinski definition) is 5. The molecule has 2 rings (SSSR count). The van der Waals surface area contributed by atoms with Crippen LogP contribution in [0, 0.1) is 11.6 Å². The Bertz CT molecular complexity index is 665. The van der Waals surface area contributed by atoms with Crippen LogP contribution in [0.1, 0.15) is 10.4 Å². The maximum absolute atomic E-state index is 13.6. The van der Waals surface area contributed by atoms with E-state index in [9.17, 15) is 22.0 Å². The Morgan fingerprint density at radius 1 is 1.27 bits per heavy atom. The summed E-state index contributed by atoms with van der Waals surface area (Å²) in [5.74, 6) is -3.99. The Hall–Kier alpha value is -1.74. The van der Waals surface area contributed by atoms with Crippen LogP contribution in [0.2, 0.25) is 0 Å². The maximum atomic E-state index is 13.6. The van der Waals surface area contributed by atoms with Crippen LogP contribution in [0.15, 0.2) is 12.1 Å². The van der Waals surface area contributed by atoms with Gasteiger partial charge < -0.3 is 10.4 Å². The molecule has 1 aliphatic heterocycles. The number of halogens is 2. The lowest BCUT2D eigenvalue weighted by molar-refractivity contribution is 0.0939. The first-order chi connectivity index (χ1) is 10.3. The molecule has 0 aromatic heterocycles. The zero-order valence-electron chi connectivity index (χ0n) is 11.7. The molecule has 2 N–H and O–H groups in total. The summed E-state index contributed by atoms with van der Waals surface area (Å²) in [7, 11) is -2.97. The van der Waals surface area contributed by atoms with Gasteiger partial charge in [0.05, 0.1) is 11.5 Å².